The van der Waals surface area contributed by atoms with Gasteiger partial charge in [-0.2, -0.15) is 0 Å². The molecule has 22 heavy (non-hydrogen) atoms. The molecule has 5 nitrogen and oxygen atoms in total. The fraction of sp³-hybridized carbons (Fsp3) is 0.412. The maximum Gasteiger partial charge on any atom is 0.234 e. The summed E-state index contributed by atoms with van der Waals surface area (Å²) < 4.78 is 5.73. The number of carbonyl (C=O) groups excluding carboxylic acids is 1. The SMILES string of the molecule is Cc1oc(-c2ccccc2)nc1CN(C)CC(=O)NC(C)C. The average molecular weight is 301 g/mol. The van der Waals surface area contributed by atoms with Crippen LogP contribution in [0.3, 0.4) is 0 Å². The van der Waals surface area contributed by atoms with E-state index < -0.39 is 0 Å². The summed E-state index contributed by atoms with van der Waals surface area (Å²) in [7, 11) is 1.90. The van der Waals surface area contributed by atoms with Crippen LogP contribution in [0, 0.1) is 6.92 Å². The molecular formula is C17H23N3O2. The number of nitrogens with zero attached hydrogens (tertiary/aromatic N) is 2. The van der Waals surface area contributed by atoms with Gasteiger partial charge in [0.15, 0.2) is 0 Å². The first-order chi connectivity index (χ1) is 10.5. The Balaban J connectivity index is 2.01. The molecule has 2 rings (SSSR count). The zero-order chi connectivity index (χ0) is 16.1. The van der Waals surface area contributed by atoms with E-state index in [0.717, 1.165) is 17.0 Å². The lowest BCUT2D eigenvalue weighted by atomic mass is 10.2. The third-order valence-electron chi connectivity index (χ3n) is 3.20. The summed E-state index contributed by atoms with van der Waals surface area (Å²) in [5.74, 6) is 1.42. The molecule has 2 aromatic rings. The van der Waals surface area contributed by atoms with E-state index in [1.165, 1.54) is 0 Å². The van der Waals surface area contributed by atoms with Gasteiger partial charge in [0.1, 0.15) is 5.76 Å². The number of nitrogens with one attached hydrogen (secondary N) is 1. The summed E-state index contributed by atoms with van der Waals surface area (Å²) in [5, 5.41) is 2.88. The molecule has 0 aliphatic carbocycles. The highest BCUT2D eigenvalue weighted by molar-refractivity contribution is 5.78. The first-order valence-electron chi connectivity index (χ1n) is 7.45. The van der Waals surface area contributed by atoms with Crippen LogP contribution in [0.25, 0.3) is 11.5 Å². The summed E-state index contributed by atoms with van der Waals surface area (Å²) in [6.07, 6.45) is 0. The fourth-order valence-electron chi connectivity index (χ4n) is 2.20. The smallest absolute Gasteiger partial charge is 0.234 e. The summed E-state index contributed by atoms with van der Waals surface area (Å²) >= 11 is 0. The topological polar surface area (TPSA) is 58.4 Å². The van der Waals surface area contributed by atoms with Crippen molar-refractivity contribution in [2.45, 2.75) is 33.4 Å². The molecule has 0 saturated heterocycles. The van der Waals surface area contributed by atoms with Gasteiger partial charge in [-0.25, -0.2) is 4.98 Å². The van der Waals surface area contributed by atoms with Crippen molar-refractivity contribution in [1.29, 1.82) is 0 Å². The Morgan fingerprint density at radius 2 is 2.00 bits per heavy atom. The third-order valence-corrected chi connectivity index (χ3v) is 3.20. The minimum absolute atomic E-state index is 0.0157. The maximum absolute atomic E-state index is 11.8. The molecule has 0 fully saturated rings. The molecule has 1 aromatic carbocycles. The molecule has 0 aliphatic rings. The Bertz CT molecular complexity index is 620. The lowest BCUT2D eigenvalue weighted by Gasteiger charge is -2.16. The Labute approximate surface area is 131 Å². The predicted octanol–water partition coefficient (Wildman–Crippen LogP) is 2.61. The molecule has 1 heterocycles. The second-order valence-corrected chi connectivity index (χ2v) is 5.78. The van der Waals surface area contributed by atoms with E-state index in [1.54, 1.807) is 0 Å². The Morgan fingerprint density at radius 3 is 2.64 bits per heavy atom. The number of benzene rings is 1. The molecule has 1 N–H and O–H groups in total. The van der Waals surface area contributed by atoms with Gasteiger partial charge in [0, 0.05) is 18.2 Å². The quantitative estimate of drug-likeness (QED) is 0.891. The first kappa shape index (κ1) is 16.2. The number of carbonyl (C=O) groups is 1. The van der Waals surface area contributed by atoms with Crippen LogP contribution < -0.4 is 5.32 Å². The molecule has 1 aromatic heterocycles. The van der Waals surface area contributed by atoms with Gasteiger partial charge >= 0.3 is 0 Å². The molecule has 0 bridgehead atoms. The maximum atomic E-state index is 11.8. The van der Waals surface area contributed by atoms with Gasteiger partial charge < -0.3 is 9.73 Å². The molecular weight excluding hydrogens is 278 g/mol. The number of amides is 1. The van der Waals surface area contributed by atoms with Crippen LogP contribution >= 0.6 is 0 Å². The lowest BCUT2D eigenvalue weighted by molar-refractivity contribution is -0.122. The van der Waals surface area contributed by atoms with Gasteiger partial charge in [-0.15, -0.1) is 0 Å². The van der Waals surface area contributed by atoms with Crippen LogP contribution in [0.5, 0.6) is 0 Å². The monoisotopic (exact) mass is 301 g/mol. The van der Waals surface area contributed by atoms with Crippen molar-refractivity contribution in [1.82, 2.24) is 15.2 Å². The molecule has 0 spiro atoms. The van der Waals surface area contributed by atoms with Gasteiger partial charge in [-0.1, -0.05) is 18.2 Å². The molecule has 5 heteroatoms. The van der Waals surface area contributed by atoms with Crippen LogP contribution in [0.15, 0.2) is 34.7 Å². The van der Waals surface area contributed by atoms with Crippen LogP contribution in [0.2, 0.25) is 0 Å². The number of oxazole rings is 1. The number of aryl methyl sites for hydroxylation is 1. The van der Waals surface area contributed by atoms with E-state index in [-0.39, 0.29) is 11.9 Å². The van der Waals surface area contributed by atoms with Crippen molar-refractivity contribution >= 4 is 5.91 Å². The predicted molar refractivity (Wildman–Crippen MR) is 86.3 cm³/mol. The normalized spacial score (nSPS) is 11.2. The second kappa shape index (κ2) is 7.22. The van der Waals surface area contributed by atoms with E-state index in [4.69, 9.17) is 4.42 Å². The Kier molecular flexibility index (Phi) is 5.33. The van der Waals surface area contributed by atoms with E-state index in [9.17, 15) is 4.79 Å². The van der Waals surface area contributed by atoms with Gasteiger partial charge in [0.25, 0.3) is 0 Å². The zero-order valence-electron chi connectivity index (χ0n) is 13.6. The highest BCUT2D eigenvalue weighted by atomic mass is 16.4. The molecule has 0 aliphatic heterocycles. The summed E-state index contributed by atoms with van der Waals surface area (Å²) in [4.78, 5) is 18.2. The zero-order valence-corrected chi connectivity index (χ0v) is 13.6. The van der Waals surface area contributed by atoms with Crippen molar-refractivity contribution < 1.29 is 9.21 Å². The molecule has 0 radical (unpaired) electrons. The van der Waals surface area contributed by atoms with E-state index in [1.807, 2.05) is 63.1 Å². The second-order valence-electron chi connectivity index (χ2n) is 5.78. The van der Waals surface area contributed by atoms with Crippen molar-refractivity contribution in [2.24, 2.45) is 0 Å². The highest BCUT2D eigenvalue weighted by Gasteiger charge is 2.14. The van der Waals surface area contributed by atoms with E-state index in [2.05, 4.69) is 10.3 Å². The summed E-state index contributed by atoms with van der Waals surface area (Å²) in [6, 6.07) is 9.96. The molecule has 1 amide bonds. The highest BCUT2D eigenvalue weighted by Crippen LogP contribution is 2.21. The standard InChI is InChI=1S/C17H23N3O2/c1-12(2)18-16(21)11-20(4)10-15-13(3)22-17(19-15)14-8-6-5-7-9-14/h5-9,12H,10-11H2,1-4H3,(H,18,21). The Hall–Kier alpha value is -2.14. The van der Waals surface area contributed by atoms with Crippen LogP contribution in [0.4, 0.5) is 0 Å². The lowest BCUT2D eigenvalue weighted by Crippen LogP contribution is -2.38. The average Bonchev–Trinajstić information content (AvgIpc) is 2.80. The van der Waals surface area contributed by atoms with E-state index >= 15 is 0 Å². The van der Waals surface area contributed by atoms with Crippen molar-refractivity contribution in [2.75, 3.05) is 13.6 Å². The summed E-state index contributed by atoms with van der Waals surface area (Å²) in [5.41, 5.74) is 1.82. The van der Waals surface area contributed by atoms with Crippen molar-refractivity contribution in [3.05, 3.63) is 41.8 Å². The minimum Gasteiger partial charge on any atom is -0.441 e. The number of rotatable bonds is 6. The third kappa shape index (κ3) is 4.43. The van der Waals surface area contributed by atoms with Crippen molar-refractivity contribution in [3.63, 3.8) is 0 Å². The van der Waals surface area contributed by atoms with Gasteiger partial charge in [0.2, 0.25) is 11.8 Å². The van der Waals surface area contributed by atoms with Gasteiger partial charge in [-0.3, -0.25) is 9.69 Å². The number of aromatic nitrogens is 1. The van der Waals surface area contributed by atoms with Gasteiger partial charge in [-0.05, 0) is 40.0 Å². The molecule has 0 unspecified atom stereocenters. The number of likely N-dealkylation sites (N-methyl/N-ethyl adjacent to an activating group) is 1. The Morgan fingerprint density at radius 1 is 1.32 bits per heavy atom. The van der Waals surface area contributed by atoms with Gasteiger partial charge in [0.05, 0.1) is 12.2 Å². The van der Waals surface area contributed by atoms with Crippen LogP contribution in [-0.2, 0) is 11.3 Å². The van der Waals surface area contributed by atoms with E-state index in [0.29, 0.717) is 19.0 Å². The molecule has 0 saturated carbocycles. The fourth-order valence-corrected chi connectivity index (χ4v) is 2.20. The number of hydrogen-bond donors (Lipinski definition) is 1. The van der Waals surface area contributed by atoms with Crippen LogP contribution in [-0.4, -0.2) is 35.4 Å². The molecule has 0 atom stereocenters. The van der Waals surface area contributed by atoms with Crippen LogP contribution in [0.1, 0.15) is 25.3 Å². The first-order valence-corrected chi connectivity index (χ1v) is 7.45. The minimum atomic E-state index is 0.0157. The van der Waals surface area contributed by atoms with Crippen molar-refractivity contribution in [3.8, 4) is 11.5 Å². The number of hydrogen-bond acceptors (Lipinski definition) is 4. The summed E-state index contributed by atoms with van der Waals surface area (Å²) in [6.45, 7) is 6.72. The largest absolute Gasteiger partial charge is 0.441 e. The molecule has 118 valence electrons.